The molecule has 0 spiro atoms. The van der Waals surface area contributed by atoms with Gasteiger partial charge in [-0.05, 0) is 12.8 Å². The molecule has 0 aromatic rings. The Labute approximate surface area is 204 Å². The van der Waals surface area contributed by atoms with E-state index in [9.17, 15) is 9.90 Å². The van der Waals surface area contributed by atoms with Crippen molar-refractivity contribution in [3.05, 3.63) is 0 Å². The summed E-state index contributed by atoms with van der Waals surface area (Å²) in [5.41, 5.74) is 0. The quantitative estimate of drug-likeness (QED) is 0.305. The standard InChI is InChI=1S/C20H40O2.Cs/c1-2-3-4-5-6-7-8-9-10-11-12-13-14-15-16-17-18-19-20(21)22;/h2-19H2,1H3,(H,21,22);/q;+1/p-1. The number of rotatable bonds is 18. The molecule has 0 bridgehead atoms. The Morgan fingerprint density at radius 3 is 1.09 bits per heavy atom. The molecule has 3 heteroatoms. The summed E-state index contributed by atoms with van der Waals surface area (Å²) in [6.45, 7) is 2.27. The molecule has 0 aliphatic rings. The molecule has 0 aromatic carbocycles. The number of hydrogen-bond acceptors (Lipinski definition) is 2. The van der Waals surface area contributed by atoms with E-state index < -0.39 is 5.97 Å². The molecule has 0 atom stereocenters. The van der Waals surface area contributed by atoms with Crippen LogP contribution in [0.4, 0.5) is 0 Å². The molecule has 0 saturated heterocycles. The number of carbonyl (C=O) groups excluding carboxylic acids is 1. The van der Waals surface area contributed by atoms with Crippen molar-refractivity contribution >= 4 is 5.97 Å². The zero-order valence-corrected chi connectivity index (χ0v) is 22.3. The second kappa shape index (κ2) is 23.5. The molecule has 0 aliphatic carbocycles. The fraction of sp³-hybridized carbons (Fsp3) is 0.950. The third-order valence-electron chi connectivity index (χ3n) is 4.48. The van der Waals surface area contributed by atoms with Crippen LogP contribution < -0.4 is 74.0 Å². The minimum atomic E-state index is -0.902. The van der Waals surface area contributed by atoms with Gasteiger partial charge >= 0.3 is 68.9 Å². The van der Waals surface area contributed by atoms with Crippen LogP contribution in [-0.4, -0.2) is 5.97 Å². The van der Waals surface area contributed by atoms with Crippen molar-refractivity contribution in [3.63, 3.8) is 0 Å². The van der Waals surface area contributed by atoms with Gasteiger partial charge in [-0.3, -0.25) is 0 Å². The topological polar surface area (TPSA) is 40.1 Å². The summed E-state index contributed by atoms with van der Waals surface area (Å²) in [6, 6.07) is 0. The van der Waals surface area contributed by atoms with Crippen LogP contribution in [0.2, 0.25) is 0 Å². The molecule has 0 saturated carbocycles. The van der Waals surface area contributed by atoms with Crippen LogP contribution in [0.15, 0.2) is 0 Å². The van der Waals surface area contributed by atoms with Gasteiger partial charge in [0.2, 0.25) is 0 Å². The summed E-state index contributed by atoms with van der Waals surface area (Å²) in [6.07, 6.45) is 22.8. The number of unbranched alkanes of at least 4 members (excludes halogenated alkanes) is 16. The predicted octanol–water partition coefficient (Wildman–Crippen LogP) is 2.78. The average Bonchev–Trinajstić information content (AvgIpc) is 2.50. The maximum Gasteiger partial charge on any atom is 1.00 e. The summed E-state index contributed by atoms with van der Waals surface area (Å²) in [4.78, 5) is 10.2. The summed E-state index contributed by atoms with van der Waals surface area (Å²) in [5.74, 6) is -0.902. The first-order valence-electron chi connectivity index (χ1n) is 9.97. The van der Waals surface area contributed by atoms with Crippen LogP contribution in [0.25, 0.3) is 0 Å². The summed E-state index contributed by atoms with van der Waals surface area (Å²) in [5, 5.41) is 10.2. The van der Waals surface area contributed by atoms with Crippen molar-refractivity contribution < 1.29 is 78.8 Å². The van der Waals surface area contributed by atoms with Crippen molar-refractivity contribution in [3.8, 4) is 0 Å². The molecule has 0 heterocycles. The molecule has 132 valence electrons. The van der Waals surface area contributed by atoms with E-state index in [0.717, 1.165) is 12.8 Å². The molecule has 0 aromatic heterocycles. The van der Waals surface area contributed by atoms with Gasteiger partial charge in [0.15, 0.2) is 0 Å². The Balaban J connectivity index is 0. The molecule has 0 amide bonds. The number of carboxylic acid groups (broad SMARTS) is 1. The smallest absolute Gasteiger partial charge is 0.550 e. The Morgan fingerprint density at radius 1 is 0.565 bits per heavy atom. The van der Waals surface area contributed by atoms with Gasteiger partial charge in [-0.25, -0.2) is 0 Å². The van der Waals surface area contributed by atoms with Gasteiger partial charge in [-0.15, -0.1) is 0 Å². The van der Waals surface area contributed by atoms with Gasteiger partial charge in [-0.2, -0.15) is 0 Å². The summed E-state index contributed by atoms with van der Waals surface area (Å²) >= 11 is 0. The van der Waals surface area contributed by atoms with Gasteiger partial charge in [-0.1, -0.05) is 110 Å². The fourth-order valence-corrected chi connectivity index (χ4v) is 2.99. The van der Waals surface area contributed by atoms with E-state index in [1.165, 1.54) is 96.3 Å². The van der Waals surface area contributed by atoms with E-state index in [1.807, 2.05) is 0 Å². The van der Waals surface area contributed by atoms with E-state index in [0.29, 0.717) is 0 Å². The fourth-order valence-electron chi connectivity index (χ4n) is 2.99. The minimum Gasteiger partial charge on any atom is -0.550 e. The second-order valence-corrected chi connectivity index (χ2v) is 6.78. The molecular weight excluding hydrogens is 405 g/mol. The van der Waals surface area contributed by atoms with Gasteiger partial charge < -0.3 is 9.90 Å². The van der Waals surface area contributed by atoms with Crippen LogP contribution in [0.5, 0.6) is 0 Å². The maximum atomic E-state index is 10.2. The van der Waals surface area contributed by atoms with Crippen molar-refractivity contribution in [2.24, 2.45) is 0 Å². The van der Waals surface area contributed by atoms with Crippen molar-refractivity contribution in [2.75, 3.05) is 0 Å². The van der Waals surface area contributed by atoms with Crippen LogP contribution in [-0.2, 0) is 4.79 Å². The van der Waals surface area contributed by atoms with Gasteiger partial charge in [0.25, 0.3) is 0 Å². The van der Waals surface area contributed by atoms with Crippen LogP contribution >= 0.6 is 0 Å². The molecule has 23 heavy (non-hydrogen) atoms. The van der Waals surface area contributed by atoms with Gasteiger partial charge in [0.05, 0.1) is 0 Å². The third kappa shape index (κ3) is 25.9. The molecule has 0 fully saturated rings. The molecule has 0 aliphatic heterocycles. The van der Waals surface area contributed by atoms with E-state index in [2.05, 4.69) is 6.92 Å². The Morgan fingerprint density at radius 2 is 0.826 bits per heavy atom. The predicted molar refractivity (Wildman–Crippen MR) is 93.8 cm³/mol. The molecule has 0 rings (SSSR count). The second-order valence-electron chi connectivity index (χ2n) is 6.78. The average molecular weight is 444 g/mol. The van der Waals surface area contributed by atoms with Crippen molar-refractivity contribution in [1.82, 2.24) is 0 Å². The van der Waals surface area contributed by atoms with Crippen molar-refractivity contribution in [2.45, 2.75) is 122 Å². The first-order valence-corrected chi connectivity index (χ1v) is 9.97. The van der Waals surface area contributed by atoms with Gasteiger partial charge in [0, 0.05) is 5.97 Å². The number of hydrogen-bond donors (Lipinski definition) is 0. The van der Waals surface area contributed by atoms with E-state index in [4.69, 9.17) is 0 Å². The zero-order chi connectivity index (χ0) is 16.3. The molecule has 0 radical (unpaired) electrons. The molecule has 0 unspecified atom stereocenters. The Hall–Kier alpha value is 1.52. The largest absolute Gasteiger partial charge is 1.00 e. The minimum absolute atomic E-state index is 0. The maximum absolute atomic E-state index is 10.2. The first kappa shape index (κ1) is 26.7. The normalized spacial score (nSPS) is 10.5. The SMILES string of the molecule is CCCCCCCCCCCCCCCCCCCC(=O)[O-].[Cs+]. The van der Waals surface area contributed by atoms with E-state index >= 15 is 0 Å². The van der Waals surface area contributed by atoms with E-state index in [-0.39, 0.29) is 75.3 Å². The summed E-state index contributed by atoms with van der Waals surface area (Å²) in [7, 11) is 0. The van der Waals surface area contributed by atoms with Gasteiger partial charge in [0.1, 0.15) is 0 Å². The van der Waals surface area contributed by atoms with Crippen molar-refractivity contribution in [1.29, 1.82) is 0 Å². The number of carbonyl (C=O) groups is 1. The molecule has 2 nitrogen and oxygen atoms in total. The zero-order valence-electron chi connectivity index (χ0n) is 16.0. The Bertz CT molecular complexity index is 232. The van der Waals surface area contributed by atoms with Crippen LogP contribution in [0, 0.1) is 0 Å². The monoisotopic (exact) mass is 444 g/mol. The first-order chi connectivity index (χ1) is 10.8. The summed E-state index contributed by atoms with van der Waals surface area (Å²) < 4.78 is 0. The molecule has 0 N–H and O–H groups in total. The Kier molecular flexibility index (Phi) is 27.4. The van der Waals surface area contributed by atoms with Crippen LogP contribution in [0.3, 0.4) is 0 Å². The van der Waals surface area contributed by atoms with Crippen LogP contribution in [0.1, 0.15) is 122 Å². The number of aliphatic carboxylic acids is 1. The number of carboxylic acids is 1. The third-order valence-corrected chi connectivity index (χ3v) is 4.48. The molecular formula is C20H39CsO2. The van der Waals surface area contributed by atoms with E-state index in [1.54, 1.807) is 0 Å².